The fraction of sp³-hybridized carbons (Fsp3) is 0.526. The first-order valence-corrected chi connectivity index (χ1v) is 8.78. The molecule has 5 heteroatoms. The van der Waals surface area contributed by atoms with Gasteiger partial charge in [-0.15, -0.1) is 6.58 Å². The molecule has 2 amide bonds. The number of amides is 2. The Morgan fingerprint density at radius 3 is 2.92 bits per heavy atom. The van der Waals surface area contributed by atoms with Crippen molar-refractivity contribution < 1.29 is 9.53 Å². The van der Waals surface area contributed by atoms with Crippen LogP contribution in [0.5, 0.6) is 0 Å². The molecule has 1 aromatic rings. The van der Waals surface area contributed by atoms with E-state index in [9.17, 15) is 4.79 Å². The maximum atomic E-state index is 12.4. The molecule has 2 heterocycles. The van der Waals surface area contributed by atoms with Crippen LogP contribution in [0.2, 0.25) is 0 Å². The van der Waals surface area contributed by atoms with E-state index in [1.165, 1.54) is 0 Å². The van der Waals surface area contributed by atoms with E-state index in [-0.39, 0.29) is 12.1 Å². The third-order valence-electron chi connectivity index (χ3n) is 4.89. The van der Waals surface area contributed by atoms with E-state index in [2.05, 4.69) is 16.8 Å². The molecule has 5 nitrogen and oxygen atoms in total. The zero-order valence-corrected chi connectivity index (χ0v) is 14.2. The van der Waals surface area contributed by atoms with E-state index < -0.39 is 0 Å². The van der Waals surface area contributed by atoms with Crippen LogP contribution in [0.4, 0.5) is 4.79 Å². The number of hydrogen-bond donors (Lipinski definition) is 1. The molecule has 2 fully saturated rings. The molecule has 2 atom stereocenters. The average Bonchev–Trinajstić information content (AvgIpc) is 2.82. The second kappa shape index (κ2) is 8.31. The van der Waals surface area contributed by atoms with Gasteiger partial charge < -0.3 is 15.0 Å². The second-order valence-electron chi connectivity index (χ2n) is 6.60. The third-order valence-corrected chi connectivity index (χ3v) is 4.89. The Balaban J connectivity index is 1.51. The summed E-state index contributed by atoms with van der Waals surface area (Å²) in [6.45, 7) is 9.50. The molecule has 1 N–H and O–H groups in total. The largest absolute Gasteiger partial charge is 0.375 e. The first kappa shape index (κ1) is 17.0. The van der Waals surface area contributed by atoms with Crippen molar-refractivity contribution in [1.82, 2.24) is 15.1 Å². The monoisotopic (exact) mass is 329 g/mol. The Bertz CT molecular complexity index is 549. The van der Waals surface area contributed by atoms with Crippen LogP contribution in [0.3, 0.4) is 0 Å². The number of nitrogens with zero attached hydrogens (tertiary/aromatic N) is 2. The van der Waals surface area contributed by atoms with Gasteiger partial charge in [0.15, 0.2) is 0 Å². The molecule has 0 saturated carbocycles. The number of carbonyl (C=O) groups excluding carboxylic acids is 1. The Morgan fingerprint density at radius 1 is 1.29 bits per heavy atom. The van der Waals surface area contributed by atoms with Crippen molar-refractivity contribution in [1.29, 1.82) is 0 Å². The first-order valence-electron chi connectivity index (χ1n) is 8.78. The van der Waals surface area contributed by atoms with Crippen molar-refractivity contribution >= 4 is 6.03 Å². The van der Waals surface area contributed by atoms with Gasteiger partial charge in [0.25, 0.3) is 0 Å². The number of benzene rings is 1. The van der Waals surface area contributed by atoms with Crippen molar-refractivity contribution in [3.63, 3.8) is 0 Å². The minimum absolute atomic E-state index is 0.00750. The lowest BCUT2D eigenvalue weighted by Gasteiger charge is -2.37. The summed E-state index contributed by atoms with van der Waals surface area (Å²) < 4.78 is 6.03. The standard InChI is InChI=1S/C19H27N3O2/c1-2-9-21-11-12-24-18-15-22(10-8-17(18)14-21)19(23)20-13-16-6-4-3-5-7-16/h2-7,17-18H,1,8-15H2,(H,20,23)/t17-,18-/m1/s1. The fourth-order valence-corrected chi connectivity index (χ4v) is 3.54. The maximum Gasteiger partial charge on any atom is 0.317 e. The van der Waals surface area contributed by atoms with Gasteiger partial charge in [-0.05, 0) is 12.0 Å². The van der Waals surface area contributed by atoms with Crippen LogP contribution in [0, 0.1) is 5.92 Å². The predicted molar refractivity (Wildman–Crippen MR) is 94.7 cm³/mol. The number of rotatable bonds is 4. The summed E-state index contributed by atoms with van der Waals surface area (Å²) in [6, 6.07) is 10.0. The minimum Gasteiger partial charge on any atom is -0.375 e. The summed E-state index contributed by atoms with van der Waals surface area (Å²) in [5, 5.41) is 3.02. The summed E-state index contributed by atoms with van der Waals surface area (Å²) >= 11 is 0. The average molecular weight is 329 g/mol. The fourth-order valence-electron chi connectivity index (χ4n) is 3.54. The number of nitrogens with one attached hydrogen (secondary N) is 1. The molecule has 3 rings (SSSR count). The topological polar surface area (TPSA) is 44.8 Å². The van der Waals surface area contributed by atoms with Crippen molar-refractivity contribution in [3.05, 3.63) is 48.6 Å². The molecule has 0 unspecified atom stereocenters. The SMILES string of the molecule is C=CCN1CCO[C@@H]2CN(C(=O)NCc3ccccc3)CC[C@@H]2C1. The molecule has 0 spiro atoms. The van der Waals surface area contributed by atoms with E-state index in [1.807, 2.05) is 41.3 Å². The van der Waals surface area contributed by atoms with Gasteiger partial charge in [-0.1, -0.05) is 36.4 Å². The van der Waals surface area contributed by atoms with E-state index in [4.69, 9.17) is 4.74 Å². The molecule has 130 valence electrons. The van der Waals surface area contributed by atoms with Crippen LogP contribution in [0.1, 0.15) is 12.0 Å². The highest BCUT2D eigenvalue weighted by Crippen LogP contribution is 2.24. The van der Waals surface area contributed by atoms with Crippen LogP contribution in [-0.2, 0) is 11.3 Å². The Hall–Kier alpha value is -1.85. The van der Waals surface area contributed by atoms with Crippen LogP contribution in [0.25, 0.3) is 0 Å². The number of likely N-dealkylation sites (tertiary alicyclic amines) is 1. The van der Waals surface area contributed by atoms with E-state index in [0.717, 1.165) is 44.8 Å². The summed E-state index contributed by atoms with van der Waals surface area (Å²) in [7, 11) is 0. The smallest absolute Gasteiger partial charge is 0.317 e. The van der Waals surface area contributed by atoms with Crippen molar-refractivity contribution in [3.8, 4) is 0 Å². The van der Waals surface area contributed by atoms with Gasteiger partial charge in [0, 0.05) is 45.2 Å². The molecule has 2 aliphatic rings. The maximum absolute atomic E-state index is 12.4. The van der Waals surface area contributed by atoms with E-state index in [1.54, 1.807) is 0 Å². The van der Waals surface area contributed by atoms with Crippen molar-refractivity contribution in [2.45, 2.75) is 19.1 Å². The molecule has 0 bridgehead atoms. The van der Waals surface area contributed by atoms with Crippen molar-refractivity contribution in [2.24, 2.45) is 5.92 Å². The van der Waals surface area contributed by atoms with Crippen LogP contribution in [0.15, 0.2) is 43.0 Å². The lowest BCUT2D eigenvalue weighted by Crippen LogP contribution is -2.51. The number of hydrogen-bond acceptors (Lipinski definition) is 3. The number of fused-ring (bicyclic) bond motifs is 1. The van der Waals surface area contributed by atoms with Gasteiger partial charge in [-0.3, -0.25) is 4.90 Å². The highest BCUT2D eigenvalue weighted by atomic mass is 16.5. The van der Waals surface area contributed by atoms with E-state index in [0.29, 0.717) is 19.0 Å². The van der Waals surface area contributed by atoms with Crippen LogP contribution < -0.4 is 5.32 Å². The number of urea groups is 1. The van der Waals surface area contributed by atoms with Gasteiger partial charge >= 0.3 is 6.03 Å². The number of ether oxygens (including phenoxy) is 1. The second-order valence-corrected chi connectivity index (χ2v) is 6.60. The zero-order chi connectivity index (χ0) is 16.8. The molecule has 0 aliphatic carbocycles. The lowest BCUT2D eigenvalue weighted by atomic mass is 9.93. The van der Waals surface area contributed by atoms with E-state index >= 15 is 0 Å². The Kier molecular flexibility index (Phi) is 5.88. The van der Waals surface area contributed by atoms with Gasteiger partial charge in [0.1, 0.15) is 0 Å². The molecule has 2 aliphatic heterocycles. The normalized spacial score (nSPS) is 24.8. The first-order chi connectivity index (χ1) is 11.8. The Labute approximate surface area is 144 Å². The summed E-state index contributed by atoms with van der Waals surface area (Å²) in [6.07, 6.45) is 3.10. The van der Waals surface area contributed by atoms with Crippen LogP contribution >= 0.6 is 0 Å². The molecule has 0 radical (unpaired) electrons. The highest BCUT2D eigenvalue weighted by molar-refractivity contribution is 5.74. The number of piperidine rings is 1. The van der Waals surface area contributed by atoms with Gasteiger partial charge in [0.05, 0.1) is 12.7 Å². The summed E-state index contributed by atoms with van der Waals surface area (Å²) in [5.41, 5.74) is 1.12. The predicted octanol–water partition coefficient (Wildman–Crippen LogP) is 2.10. The zero-order valence-electron chi connectivity index (χ0n) is 14.2. The number of carbonyl (C=O) groups is 1. The molecule has 1 aromatic carbocycles. The molecule has 0 aromatic heterocycles. The lowest BCUT2D eigenvalue weighted by molar-refractivity contribution is -0.0111. The molecule has 24 heavy (non-hydrogen) atoms. The molecule has 2 saturated heterocycles. The third kappa shape index (κ3) is 4.36. The molecular weight excluding hydrogens is 302 g/mol. The minimum atomic E-state index is 0.00750. The highest BCUT2D eigenvalue weighted by Gasteiger charge is 2.34. The summed E-state index contributed by atoms with van der Waals surface area (Å²) in [5.74, 6) is 0.505. The van der Waals surface area contributed by atoms with Crippen molar-refractivity contribution in [2.75, 3.05) is 39.3 Å². The quantitative estimate of drug-likeness (QED) is 0.861. The van der Waals surface area contributed by atoms with Crippen LogP contribution in [-0.4, -0.2) is 61.3 Å². The van der Waals surface area contributed by atoms with Gasteiger partial charge in [-0.2, -0.15) is 0 Å². The van der Waals surface area contributed by atoms with Gasteiger partial charge in [0.2, 0.25) is 0 Å². The molecular formula is C19H27N3O2. The summed E-state index contributed by atoms with van der Waals surface area (Å²) in [4.78, 5) is 16.7. The Morgan fingerprint density at radius 2 is 2.12 bits per heavy atom. The van der Waals surface area contributed by atoms with Gasteiger partial charge in [-0.25, -0.2) is 4.79 Å².